The molecule has 0 radical (unpaired) electrons. The van der Waals surface area contributed by atoms with E-state index < -0.39 is 23.8 Å². The lowest BCUT2D eigenvalue weighted by Gasteiger charge is -2.30. The average molecular weight is 423 g/mol. The molecule has 0 aromatic heterocycles. The van der Waals surface area contributed by atoms with Gasteiger partial charge in [-0.2, -0.15) is 0 Å². The molecule has 31 heavy (non-hydrogen) atoms. The predicted octanol–water partition coefficient (Wildman–Crippen LogP) is 5.35. The highest BCUT2D eigenvalue weighted by Crippen LogP contribution is 2.44. The van der Waals surface area contributed by atoms with Gasteiger partial charge < -0.3 is 19.9 Å². The van der Waals surface area contributed by atoms with E-state index in [9.17, 15) is 9.90 Å². The fourth-order valence-electron chi connectivity index (χ4n) is 3.96. The Labute approximate surface area is 182 Å². The number of amides is 1. The first-order valence-electron chi connectivity index (χ1n) is 10.2. The maximum atomic E-state index is 12.6. The number of ether oxygens (including phenoxy) is 2. The van der Waals surface area contributed by atoms with Gasteiger partial charge in [-0.1, -0.05) is 48.5 Å². The second kappa shape index (κ2) is 9.19. The number of alkyl carbamates (subject to hydrolysis) is 1. The first kappa shape index (κ1) is 22.3. The Hall–Kier alpha value is -3.37. The highest BCUT2D eigenvalue weighted by molar-refractivity contribution is 5.79. The molecule has 0 saturated carbocycles. The molecule has 0 bridgehead atoms. The zero-order chi connectivity index (χ0) is 22.6. The molecule has 1 aliphatic carbocycles. The third-order valence-corrected chi connectivity index (χ3v) is 5.13. The largest absolute Gasteiger partial charge is 0.504 e. The molecular weight excluding hydrogens is 394 g/mol. The maximum absolute atomic E-state index is 12.6. The summed E-state index contributed by atoms with van der Waals surface area (Å²) < 4.78 is 11.4. The van der Waals surface area contributed by atoms with Crippen LogP contribution in [0.1, 0.15) is 44.7 Å². The molecule has 2 aromatic rings. The number of nitrogens with one attached hydrogen (secondary N) is 1. The van der Waals surface area contributed by atoms with Gasteiger partial charge in [0, 0.05) is 5.92 Å². The van der Waals surface area contributed by atoms with Crippen LogP contribution in [0.25, 0.3) is 16.1 Å². The van der Waals surface area contributed by atoms with E-state index in [1.54, 1.807) is 6.92 Å². The van der Waals surface area contributed by atoms with Gasteiger partial charge in [0.15, 0.2) is 4.98 Å². The van der Waals surface area contributed by atoms with Crippen molar-refractivity contribution in [3.63, 3.8) is 0 Å². The normalized spacial score (nSPS) is 15.4. The topological polar surface area (TPSA) is 95.9 Å². The molecule has 7 heteroatoms. The fraction of sp³-hybridized carbons (Fsp3) is 0.375. The van der Waals surface area contributed by atoms with Crippen molar-refractivity contribution in [1.82, 2.24) is 5.32 Å². The summed E-state index contributed by atoms with van der Waals surface area (Å²) in [6.07, 6.45) is -0.440. The van der Waals surface area contributed by atoms with Crippen molar-refractivity contribution in [3.05, 3.63) is 76.6 Å². The quantitative estimate of drug-likeness (QED) is 0.483. The van der Waals surface area contributed by atoms with Crippen molar-refractivity contribution in [3.8, 4) is 11.1 Å². The molecule has 0 heterocycles. The van der Waals surface area contributed by atoms with Gasteiger partial charge in [-0.15, -0.1) is 0 Å². The first-order valence-corrected chi connectivity index (χ1v) is 10.2. The third-order valence-electron chi connectivity index (χ3n) is 5.13. The van der Waals surface area contributed by atoms with Gasteiger partial charge in [0.1, 0.15) is 12.6 Å². The number of rotatable bonds is 6. The van der Waals surface area contributed by atoms with E-state index in [0.29, 0.717) is 0 Å². The van der Waals surface area contributed by atoms with Crippen LogP contribution in [-0.2, 0) is 9.47 Å². The lowest BCUT2D eigenvalue weighted by molar-refractivity contribution is -0.0650. The van der Waals surface area contributed by atoms with Crippen LogP contribution < -0.4 is 5.32 Å². The van der Waals surface area contributed by atoms with Gasteiger partial charge in [-0.3, -0.25) is 0 Å². The number of hydrogen-bond acceptors (Lipinski definition) is 5. The molecule has 0 saturated heterocycles. The van der Waals surface area contributed by atoms with Gasteiger partial charge in [0.2, 0.25) is 11.2 Å². The van der Waals surface area contributed by atoms with Crippen LogP contribution >= 0.6 is 0 Å². The van der Waals surface area contributed by atoms with E-state index in [4.69, 9.17) is 14.9 Å². The zero-order valence-corrected chi connectivity index (χ0v) is 18.2. The minimum Gasteiger partial charge on any atom is -0.504 e. The molecule has 1 unspecified atom stereocenters. The van der Waals surface area contributed by atoms with E-state index >= 15 is 0 Å². The van der Waals surface area contributed by atoms with E-state index in [1.165, 1.54) is 0 Å². The molecule has 0 spiro atoms. The summed E-state index contributed by atoms with van der Waals surface area (Å²) in [5, 5.41) is 21.6. The number of fused-ring (bicyclic) bond motifs is 3. The monoisotopic (exact) mass is 422 g/mol. The predicted molar refractivity (Wildman–Crippen MR) is 118 cm³/mol. The highest BCUT2D eigenvalue weighted by atomic mass is 16.6. The van der Waals surface area contributed by atoms with Crippen LogP contribution in [0.3, 0.4) is 0 Å². The number of aliphatic hydroxyl groups excluding tert-OH is 1. The number of nitrogens with zero attached hydrogens (tertiary/aromatic N) is 2. The van der Waals surface area contributed by atoms with Gasteiger partial charge in [-0.05, 0) is 49.9 Å². The summed E-state index contributed by atoms with van der Waals surface area (Å²) in [6.45, 7) is 7.46. The van der Waals surface area contributed by atoms with Crippen LogP contribution in [0.15, 0.2) is 60.5 Å². The molecule has 2 aromatic carbocycles. The fourth-order valence-corrected chi connectivity index (χ4v) is 3.96. The third kappa shape index (κ3) is 5.22. The number of carbonyl (C=O) groups is 1. The van der Waals surface area contributed by atoms with Gasteiger partial charge >= 0.3 is 12.3 Å². The average Bonchev–Trinajstić information content (AvgIpc) is 3.03. The van der Waals surface area contributed by atoms with Gasteiger partial charge in [0.05, 0.1) is 11.7 Å². The lowest BCUT2D eigenvalue weighted by atomic mass is 9.98. The minimum atomic E-state index is -0.939. The lowest BCUT2D eigenvalue weighted by Crippen LogP contribution is -2.47. The smallest absolute Gasteiger partial charge is 0.407 e. The second-order valence-corrected chi connectivity index (χ2v) is 8.55. The van der Waals surface area contributed by atoms with Crippen molar-refractivity contribution in [2.75, 3.05) is 6.61 Å². The van der Waals surface area contributed by atoms with Gasteiger partial charge in [0.25, 0.3) is 0 Å². The number of benzene rings is 2. The van der Waals surface area contributed by atoms with Crippen molar-refractivity contribution in [1.29, 1.82) is 5.39 Å². The Morgan fingerprint density at radius 3 is 2.23 bits per heavy atom. The minimum absolute atomic E-state index is 0.0728. The molecule has 0 fully saturated rings. The molecule has 1 amide bonds. The summed E-state index contributed by atoms with van der Waals surface area (Å²) in [5.74, 6) is -0.413. The molecule has 7 nitrogen and oxygen atoms in total. The summed E-state index contributed by atoms with van der Waals surface area (Å²) in [7, 11) is 0. The molecular formula is C24H28N3O4+. The number of aliphatic hydroxyl groups is 1. The Morgan fingerprint density at radius 2 is 1.71 bits per heavy atom. The van der Waals surface area contributed by atoms with E-state index in [1.807, 2.05) is 57.2 Å². The summed E-state index contributed by atoms with van der Waals surface area (Å²) in [4.78, 5) is 15.4. The zero-order valence-electron chi connectivity index (χ0n) is 18.2. The summed E-state index contributed by atoms with van der Waals surface area (Å²) in [6, 6.07) is 15.2. The van der Waals surface area contributed by atoms with Crippen molar-refractivity contribution < 1.29 is 19.4 Å². The molecule has 0 aliphatic heterocycles. The molecule has 1 aliphatic rings. The maximum Gasteiger partial charge on any atom is 0.407 e. The highest BCUT2D eigenvalue weighted by Gasteiger charge is 2.32. The Morgan fingerprint density at radius 1 is 1.16 bits per heavy atom. The van der Waals surface area contributed by atoms with Crippen molar-refractivity contribution >= 4 is 6.09 Å². The number of diazo groups is 1. The van der Waals surface area contributed by atoms with Crippen LogP contribution in [0, 0.1) is 5.39 Å². The Kier molecular flexibility index (Phi) is 6.62. The van der Waals surface area contributed by atoms with Crippen molar-refractivity contribution in [2.45, 2.75) is 51.4 Å². The SMILES string of the molecule is CC(OC(C)(C)C)[C@H](NC(=O)OCC1c2ccccc2-c2ccccc21)/C(O)=C/[N+]#N. The van der Waals surface area contributed by atoms with Crippen LogP contribution in [0.4, 0.5) is 4.79 Å². The first-order chi connectivity index (χ1) is 14.7. The molecule has 2 atom stereocenters. The standard InChI is InChI=1S/C24H27N3O4/c1-15(31-24(2,3)4)22(21(28)13-26-25)27-23(29)30-14-20-18-11-7-5-9-16(18)17-10-6-8-12-19(17)20/h5-13,15,20,22H,14H2,1-4H3,(H-,27,28,29)/p+1/b21-13-/t15?,22-/m0/s1. The van der Waals surface area contributed by atoms with Crippen LogP contribution in [0.2, 0.25) is 0 Å². The Bertz CT molecular complexity index is 974. The number of carbonyl (C=O) groups excluding carboxylic acids is 1. The van der Waals surface area contributed by atoms with Crippen LogP contribution in [0.5, 0.6) is 0 Å². The molecule has 3 rings (SSSR count). The number of hydrogen-bond donors (Lipinski definition) is 2. The summed E-state index contributed by atoms with van der Waals surface area (Å²) >= 11 is 0. The van der Waals surface area contributed by atoms with E-state index in [0.717, 1.165) is 28.5 Å². The van der Waals surface area contributed by atoms with Crippen LogP contribution in [-0.4, -0.2) is 35.6 Å². The second-order valence-electron chi connectivity index (χ2n) is 8.55. The van der Waals surface area contributed by atoms with E-state index in [2.05, 4.69) is 22.4 Å². The molecule has 162 valence electrons. The van der Waals surface area contributed by atoms with Gasteiger partial charge in [-0.25, -0.2) is 4.79 Å². The van der Waals surface area contributed by atoms with Crippen molar-refractivity contribution in [2.24, 2.45) is 0 Å². The molecule has 2 N–H and O–H groups in total. The summed E-state index contributed by atoms with van der Waals surface area (Å²) in [5.41, 5.74) is 4.00. The van der Waals surface area contributed by atoms with E-state index in [-0.39, 0.29) is 18.3 Å². The Balaban J connectivity index is 1.72.